The van der Waals surface area contributed by atoms with Crippen LogP contribution < -0.4 is 10.6 Å². The number of halogens is 3. The molecular formula is C28H24F3N7O4. The molecule has 0 unspecified atom stereocenters. The maximum Gasteiger partial charge on any atom is 0.416 e. The van der Waals surface area contributed by atoms with Crippen LogP contribution >= 0.6 is 0 Å². The van der Waals surface area contributed by atoms with Crippen molar-refractivity contribution in [2.45, 2.75) is 43.8 Å². The van der Waals surface area contributed by atoms with Crippen molar-refractivity contribution in [1.82, 2.24) is 24.3 Å². The normalized spacial score (nSPS) is 18.6. The SMILES string of the molecule is O=C(O)Nc1nccn2c([C@@H]3CC[C@H]4CCC(=O)N4C3)nc(-c3ccc(C(=O)Nc4cc(C(F)(F)F)ccn4)cc3)c12. The van der Waals surface area contributed by atoms with E-state index in [0.29, 0.717) is 35.6 Å². The van der Waals surface area contributed by atoms with Gasteiger partial charge in [-0.1, -0.05) is 12.1 Å². The summed E-state index contributed by atoms with van der Waals surface area (Å²) in [6, 6.07) is 7.98. The summed E-state index contributed by atoms with van der Waals surface area (Å²) in [6.45, 7) is 0.509. The fourth-order valence-corrected chi connectivity index (χ4v) is 5.67. The number of nitrogens with one attached hydrogen (secondary N) is 2. The van der Waals surface area contributed by atoms with E-state index in [1.165, 1.54) is 18.3 Å². The smallest absolute Gasteiger partial charge is 0.416 e. The summed E-state index contributed by atoms with van der Waals surface area (Å²) in [7, 11) is 0. The predicted octanol–water partition coefficient (Wildman–Crippen LogP) is 5.02. The molecule has 3 N–H and O–H groups in total. The number of nitrogens with zero attached hydrogens (tertiary/aromatic N) is 5. The second kappa shape index (κ2) is 10.4. The maximum atomic E-state index is 13.0. The molecule has 11 nitrogen and oxygen atoms in total. The number of aromatic nitrogens is 4. The van der Waals surface area contributed by atoms with Gasteiger partial charge in [0.2, 0.25) is 5.91 Å². The quantitative estimate of drug-likeness (QED) is 0.301. The summed E-state index contributed by atoms with van der Waals surface area (Å²) in [4.78, 5) is 51.5. The first-order valence-electron chi connectivity index (χ1n) is 13.2. The number of carboxylic acid groups (broad SMARTS) is 1. The summed E-state index contributed by atoms with van der Waals surface area (Å²) < 4.78 is 40.9. The molecule has 216 valence electrons. The van der Waals surface area contributed by atoms with Crippen molar-refractivity contribution in [1.29, 1.82) is 0 Å². The van der Waals surface area contributed by atoms with Gasteiger partial charge in [0.15, 0.2) is 5.82 Å². The minimum Gasteiger partial charge on any atom is -0.465 e. The third kappa shape index (κ3) is 5.10. The third-order valence-electron chi connectivity index (χ3n) is 7.64. The highest BCUT2D eigenvalue weighted by Gasteiger charge is 2.38. The Balaban J connectivity index is 1.33. The third-order valence-corrected chi connectivity index (χ3v) is 7.64. The van der Waals surface area contributed by atoms with Gasteiger partial charge in [0.1, 0.15) is 22.9 Å². The summed E-state index contributed by atoms with van der Waals surface area (Å²) in [5.41, 5.74) is 0.611. The number of alkyl halides is 3. The van der Waals surface area contributed by atoms with Gasteiger partial charge in [-0.05, 0) is 43.5 Å². The number of rotatable bonds is 5. The number of pyridine rings is 1. The highest BCUT2D eigenvalue weighted by atomic mass is 19.4. The van der Waals surface area contributed by atoms with Crippen molar-refractivity contribution in [2.24, 2.45) is 0 Å². The average Bonchev–Trinajstić information content (AvgIpc) is 3.54. The second-order valence-corrected chi connectivity index (χ2v) is 10.2. The maximum absolute atomic E-state index is 13.0. The van der Waals surface area contributed by atoms with E-state index in [-0.39, 0.29) is 35.1 Å². The average molecular weight is 580 g/mol. The van der Waals surface area contributed by atoms with E-state index in [9.17, 15) is 32.7 Å². The van der Waals surface area contributed by atoms with Gasteiger partial charge in [-0.15, -0.1) is 0 Å². The lowest BCUT2D eigenvalue weighted by molar-refractivity contribution is -0.137. The van der Waals surface area contributed by atoms with Gasteiger partial charge in [-0.2, -0.15) is 13.2 Å². The topological polar surface area (TPSA) is 142 Å². The van der Waals surface area contributed by atoms with Crippen molar-refractivity contribution in [3.05, 3.63) is 71.9 Å². The van der Waals surface area contributed by atoms with Crippen molar-refractivity contribution in [2.75, 3.05) is 17.2 Å². The summed E-state index contributed by atoms with van der Waals surface area (Å²) in [6.07, 6.45) is 1.27. The van der Waals surface area contributed by atoms with E-state index in [1.54, 1.807) is 22.7 Å². The van der Waals surface area contributed by atoms with Crippen LogP contribution in [0.15, 0.2) is 55.0 Å². The first kappa shape index (κ1) is 27.2. The van der Waals surface area contributed by atoms with Crippen molar-refractivity contribution in [3.63, 3.8) is 0 Å². The lowest BCUT2D eigenvalue weighted by atomic mass is 9.92. The molecule has 42 heavy (non-hydrogen) atoms. The molecule has 2 aliphatic rings. The van der Waals surface area contributed by atoms with Crippen molar-refractivity contribution >= 4 is 35.1 Å². The van der Waals surface area contributed by atoms with Gasteiger partial charge in [0.25, 0.3) is 5.91 Å². The Morgan fingerprint density at radius 3 is 2.52 bits per heavy atom. The second-order valence-electron chi connectivity index (χ2n) is 10.2. The molecule has 2 aliphatic heterocycles. The molecule has 3 aromatic heterocycles. The Morgan fingerprint density at radius 2 is 1.79 bits per heavy atom. The molecule has 2 atom stereocenters. The predicted molar refractivity (Wildman–Crippen MR) is 144 cm³/mol. The van der Waals surface area contributed by atoms with Crippen LogP contribution in [0.3, 0.4) is 0 Å². The highest BCUT2D eigenvalue weighted by Crippen LogP contribution is 2.38. The van der Waals surface area contributed by atoms with Crippen LogP contribution in [0.4, 0.5) is 29.6 Å². The Labute approximate surface area is 236 Å². The Bertz CT molecular complexity index is 1700. The lowest BCUT2D eigenvalue weighted by Crippen LogP contribution is -2.41. The molecule has 14 heteroatoms. The Kier molecular flexibility index (Phi) is 6.75. The minimum absolute atomic E-state index is 0.0714. The van der Waals surface area contributed by atoms with Crippen LogP contribution in [-0.2, 0) is 11.0 Å². The van der Waals surface area contributed by atoms with E-state index in [2.05, 4.69) is 20.6 Å². The van der Waals surface area contributed by atoms with Gasteiger partial charge in [0.05, 0.1) is 5.56 Å². The monoisotopic (exact) mass is 579 g/mol. The molecule has 4 aromatic rings. The zero-order valence-electron chi connectivity index (χ0n) is 21.9. The molecule has 1 aromatic carbocycles. The number of benzene rings is 1. The zero-order valence-corrected chi connectivity index (χ0v) is 21.9. The molecule has 0 spiro atoms. The standard InChI is InChI=1S/C28H24F3N7O4/c29-28(30,31)18-9-10-32-20(13-18)34-26(40)16-3-1-15(2-4-16)22-23-24(36-27(41)42)33-11-12-37(23)25(35-22)17-5-6-19-7-8-21(39)38(19)14-17/h1-4,9-13,17,19H,5-8,14H2,(H,33,36)(H,41,42)(H,32,34,40)/t17-,19+/m1/s1. The number of piperidine rings is 1. The van der Waals surface area contributed by atoms with Gasteiger partial charge in [0, 0.05) is 54.6 Å². The van der Waals surface area contributed by atoms with Gasteiger partial charge >= 0.3 is 12.3 Å². The Morgan fingerprint density at radius 1 is 1.00 bits per heavy atom. The molecule has 3 amide bonds. The molecule has 6 rings (SSSR count). The molecule has 0 bridgehead atoms. The number of anilines is 2. The largest absolute Gasteiger partial charge is 0.465 e. The van der Waals surface area contributed by atoms with Crippen LogP contribution in [0.5, 0.6) is 0 Å². The fourth-order valence-electron chi connectivity index (χ4n) is 5.67. The van der Waals surface area contributed by atoms with E-state index in [1.807, 2.05) is 4.90 Å². The molecule has 0 aliphatic carbocycles. The van der Waals surface area contributed by atoms with Gasteiger partial charge in [-0.3, -0.25) is 19.3 Å². The van der Waals surface area contributed by atoms with Crippen LogP contribution in [0.25, 0.3) is 16.8 Å². The van der Waals surface area contributed by atoms with Crippen LogP contribution in [0.2, 0.25) is 0 Å². The van der Waals surface area contributed by atoms with E-state index in [0.717, 1.165) is 37.6 Å². The number of amides is 3. The Hall–Kier alpha value is -5.01. The first-order chi connectivity index (χ1) is 20.1. The lowest BCUT2D eigenvalue weighted by Gasteiger charge is -2.34. The van der Waals surface area contributed by atoms with Gasteiger partial charge in [-0.25, -0.2) is 19.7 Å². The molecular weight excluding hydrogens is 555 g/mol. The number of hydrogen-bond donors (Lipinski definition) is 3. The van der Waals surface area contributed by atoms with Crippen LogP contribution in [0.1, 0.15) is 53.3 Å². The molecule has 2 saturated heterocycles. The summed E-state index contributed by atoms with van der Waals surface area (Å²) >= 11 is 0. The molecule has 0 radical (unpaired) electrons. The van der Waals surface area contributed by atoms with E-state index < -0.39 is 23.7 Å². The number of carbonyl (C=O) groups excluding carboxylic acids is 2. The first-order valence-corrected chi connectivity index (χ1v) is 13.2. The number of imidazole rings is 1. The van der Waals surface area contributed by atoms with E-state index >= 15 is 0 Å². The number of fused-ring (bicyclic) bond motifs is 2. The fraction of sp³-hybridized carbons (Fsp3) is 0.286. The van der Waals surface area contributed by atoms with Gasteiger partial charge < -0.3 is 15.3 Å². The molecule has 0 saturated carbocycles. The number of carbonyl (C=O) groups is 3. The zero-order chi connectivity index (χ0) is 29.6. The highest BCUT2D eigenvalue weighted by molar-refractivity contribution is 6.04. The van der Waals surface area contributed by atoms with Crippen molar-refractivity contribution in [3.8, 4) is 11.3 Å². The number of hydrogen-bond acceptors (Lipinski definition) is 6. The van der Waals surface area contributed by atoms with Crippen LogP contribution in [0, 0.1) is 0 Å². The molecule has 2 fully saturated rings. The van der Waals surface area contributed by atoms with E-state index in [4.69, 9.17) is 4.98 Å². The summed E-state index contributed by atoms with van der Waals surface area (Å²) in [5, 5.41) is 14.1. The molecule has 5 heterocycles. The summed E-state index contributed by atoms with van der Waals surface area (Å²) in [5.74, 6) is -0.144. The van der Waals surface area contributed by atoms with Crippen LogP contribution in [-0.4, -0.2) is 59.9 Å². The minimum atomic E-state index is -4.58. The van der Waals surface area contributed by atoms with Crippen molar-refractivity contribution < 1.29 is 32.7 Å².